The predicted octanol–water partition coefficient (Wildman–Crippen LogP) is 5.98. The number of aromatic nitrogens is 3. The quantitative estimate of drug-likeness (QED) is 0.335. The van der Waals surface area contributed by atoms with Crippen molar-refractivity contribution in [2.45, 2.75) is 0 Å². The van der Waals surface area contributed by atoms with Crippen molar-refractivity contribution < 1.29 is 9.53 Å². The number of nitrogens with zero attached hydrogens (tertiary/aromatic N) is 3. The SMILES string of the molecule is C=CC(=O)Nc1cccc(-c2ccnc3cc(-c4ccc(Oc5ccccc5)cc4)nn23)c1. The zero-order chi connectivity index (χ0) is 22.6. The van der Waals surface area contributed by atoms with E-state index in [1.807, 2.05) is 91.0 Å². The van der Waals surface area contributed by atoms with Crippen molar-refractivity contribution in [1.82, 2.24) is 14.6 Å². The summed E-state index contributed by atoms with van der Waals surface area (Å²) < 4.78 is 7.68. The molecule has 0 saturated carbocycles. The predicted molar refractivity (Wildman–Crippen MR) is 129 cm³/mol. The summed E-state index contributed by atoms with van der Waals surface area (Å²) in [5.41, 5.74) is 4.95. The van der Waals surface area contributed by atoms with Gasteiger partial charge in [-0.15, -0.1) is 0 Å². The first-order chi connectivity index (χ1) is 16.2. The van der Waals surface area contributed by atoms with Gasteiger partial charge in [-0.2, -0.15) is 5.10 Å². The molecule has 1 N–H and O–H groups in total. The maximum Gasteiger partial charge on any atom is 0.247 e. The second-order valence-electron chi connectivity index (χ2n) is 7.34. The Morgan fingerprint density at radius 2 is 1.67 bits per heavy atom. The van der Waals surface area contributed by atoms with Gasteiger partial charge in [0.1, 0.15) is 11.5 Å². The minimum atomic E-state index is -0.256. The zero-order valence-electron chi connectivity index (χ0n) is 17.7. The molecule has 5 rings (SSSR count). The second kappa shape index (κ2) is 8.80. The lowest BCUT2D eigenvalue weighted by Gasteiger charge is -2.08. The van der Waals surface area contributed by atoms with Gasteiger partial charge in [-0.25, -0.2) is 9.50 Å². The first-order valence-electron chi connectivity index (χ1n) is 10.4. The van der Waals surface area contributed by atoms with Gasteiger partial charge < -0.3 is 10.1 Å². The Morgan fingerprint density at radius 3 is 2.45 bits per heavy atom. The normalized spacial score (nSPS) is 10.7. The molecule has 0 radical (unpaired) electrons. The van der Waals surface area contributed by atoms with Gasteiger partial charge >= 0.3 is 0 Å². The Morgan fingerprint density at radius 1 is 0.879 bits per heavy atom. The molecule has 0 bridgehead atoms. The lowest BCUT2D eigenvalue weighted by molar-refractivity contribution is -0.111. The summed E-state index contributed by atoms with van der Waals surface area (Å²) >= 11 is 0. The third kappa shape index (κ3) is 4.36. The van der Waals surface area contributed by atoms with E-state index in [-0.39, 0.29) is 5.91 Å². The van der Waals surface area contributed by atoms with E-state index in [2.05, 4.69) is 16.9 Å². The van der Waals surface area contributed by atoms with Gasteiger partial charge in [0.15, 0.2) is 5.65 Å². The molecule has 5 aromatic rings. The van der Waals surface area contributed by atoms with E-state index < -0.39 is 0 Å². The number of ether oxygens (including phenoxy) is 1. The van der Waals surface area contributed by atoms with Gasteiger partial charge in [0.05, 0.1) is 11.4 Å². The van der Waals surface area contributed by atoms with Crippen molar-refractivity contribution in [2.75, 3.05) is 5.32 Å². The van der Waals surface area contributed by atoms with Crippen LogP contribution in [0, 0.1) is 0 Å². The van der Waals surface area contributed by atoms with Crippen molar-refractivity contribution in [3.05, 3.63) is 110 Å². The molecular formula is C27H20N4O2. The Hall–Kier alpha value is -4.71. The van der Waals surface area contributed by atoms with E-state index >= 15 is 0 Å². The van der Waals surface area contributed by atoms with Crippen molar-refractivity contribution in [3.63, 3.8) is 0 Å². The molecule has 0 fully saturated rings. The smallest absolute Gasteiger partial charge is 0.247 e. The molecule has 33 heavy (non-hydrogen) atoms. The number of rotatable bonds is 6. The van der Waals surface area contributed by atoms with E-state index in [4.69, 9.17) is 9.84 Å². The highest BCUT2D eigenvalue weighted by molar-refractivity contribution is 5.99. The molecule has 0 atom stereocenters. The Bertz CT molecular complexity index is 1440. The minimum Gasteiger partial charge on any atom is -0.457 e. The number of amides is 1. The topological polar surface area (TPSA) is 68.5 Å². The first-order valence-corrected chi connectivity index (χ1v) is 10.4. The summed E-state index contributed by atoms with van der Waals surface area (Å²) in [7, 11) is 0. The van der Waals surface area contributed by atoms with Crippen LogP contribution in [0.5, 0.6) is 11.5 Å². The van der Waals surface area contributed by atoms with Crippen molar-refractivity contribution >= 4 is 17.2 Å². The summed E-state index contributed by atoms with van der Waals surface area (Å²) in [6, 6.07) is 28.9. The monoisotopic (exact) mass is 432 g/mol. The Kier molecular flexibility index (Phi) is 5.39. The molecule has 0 aliphatic carbocycles. The molecule has 1 amide bonds. The van der Waals surface area contributed by atoms with Crippen molar-refractivity contribution in [3.8, 4) is 34.0 Å². The van der Waals surface area contributed by atoms with E-state index in [0.29, 0.717) is 5.69 Å². The average molecular weight is 432 g/mol. The summed E-state index contributed by atoms with van der Waals surface area (Å²) in [6.45, 7) is 3.49. The number of carbonyl (C=O) groups excluding carboxylic acids is 1. The molecular weight excluding hydrogens is 412 g/mol. The number of anilines is 1. The lowest BCUT2D eigenvalue weighted by Crippen LogP contribution is -2.07. The van der Waals surface area contributed by atoms with Crippen LogP contribution in [-0.4, -0.2) is 20.5 Å². The highest BCUT2D eigenvalue weighted by Gasteiger charge is 2.11. The number of hydrogen-bond acceptors (Lipinski definition) is 4. The van der Waals surface area contributed by atoms with Gasteiger partial charge in [0, 0.05) is 29.1 Å². The number of hydrogen-bond donors (Lipinski definition) is 1. The van der Waals surface area contributed by atoms with Crippen LogP contribution in [0.3, 0.4) is 0 Å². The van der Waals surface area contributed by atoms with Crippen LogP contribution >= 0.6 is 0 Å². The fourth-order valence-electron chi connectivity index (χ4n) is 3.52. The van der Waals surface area contributed by atoms with Crippen LogP contribution < -0.4 is 10.1 Å². The number of nitrogens with one attached hydrogen (secondary N) is 1. The Labute approximate surface area is 190 Å². The summed E-state index contributed by atoms with van der Waals surface area (Å²) in [5, 5.41) is 7.58. The van der Waals surface area contributed by atoms with E-state index in [9.17, 15) is 4.79 Å². The fraction of sp³-hybridized carbons (Fsp3) is 0. The number of para-hydroxylation sites is 1. The molecule has 0 saturated heterocycles. The number of fused-ring (bicyclic) bond motifs is 1. The molecule has 0 spiro atoms. The van der Waals surface area contributed by atoms with Crippen LogP contribution in [-0.2, 0) is 4.79 Å². The number of benzene rings is 3. The molecule has 6 nitrogen and oxygen atoms in total. The standard InChI is InChI=1S/C27H20N4O2/c1-2-27(32)29-21-8-6-7-20(17-21)25-15-16-28-26-18-24(30-31(25)26)19-11-13-23(14-12-19)33-22-9-4-3-5-10-22/h2-18H,1H2,(H,29,32). The van der Waals surface area contributed by atoms with Gasteiger partial charge in [0.25, 0.3) is 0 Å². The highest BCUT2D eigenvalue weighted by atomic mass is 16.5. The first kappa shape index (κ1) is 20.2. The molecule has 6 heteroatoms. The highest BCUT2D eigenvalue weighted by Crippen LogP contribution is 2.28. The lowest BCUT2D eigenvalue weighted by atomic mass is 10.1. The zero-order valence-corrected chi connectivity index (χ0v) is 17.7. The van der Waals surface area contributed by atoms with Crippen LogP contribution in [0.1, 0.15) is 0 Å². The summed E-state index contributed by atoms with van der Waals surface area (Å²) in [6.07, 6.45) is 3.00. The van der Waals surface area contributed by atoms with Crippen LogP contribution in [0.25, 0.3) is 28.2 Å². The molecule has 0 aliphatic rings. The summed E-state index contributed by atoms with van der Waals surface area (Å²) in [5.74, 6) is 1.29. The van der Waals surface area contributed by atoms with Crippen LogP contribution in [0.2, 0.25) is 0 Å². The van der Waals surface area contributed by atoms with Gasteiger partial charge in [-0.3, -0.25) is 4.79 Å². The molecule has 160 valence electrons. The van der Waals surface area contributed by atoms with Gasteiger partial charge in [-0.1, -0.05) is 36.9 Å². The molecule has 0 aliphatic heterocycles. The number of carbonyl (C=O) groups is 1. The average Bonchev–Trinajstić information content (AvgIpc) is 3.30. The maximum absolute atomic E-state index is 11.7. The van der Waals surface area contributed by atoms with Crippen molar-refractivity contribution in [1.29, 1.82) is 0 Å². The minimum absolute atomic E-state index is 0.256. The van der Waals surface area contributed by atoms with Crippen LogP contribution in [0.15, 0.2) is 110 Å². The second-order valence-corrected chi connectivity index (χ2v) is 7.34. The third-order valence-electron chi connectivity index (χ3n) is 5.10. The van der Waals surface area contributed by atoms with Gasteiger partial charge in [0.2, 0.25) is 5.91 Å². The maximum atomic E-state index is 11.7. The van der Waals surface area contributed by atoms with Crippen molar-refractivity contribution in [2.24, 2.45) is 0 Å². The molecule has 2 aromatic heterocycles. The molecule has 2 heterocycles. The summed E-state index contributed by atoms with van der Waals surface area (Å²) in [4.78, 5) is 16.1. The van der Waals surface area contributed by atoms with Crippen LogP contribution in [0.4, 0.5) is 5.69 Å². The Balaban J connectivity index is 1.45. The van der Waals surface area contributed by atoms with Gasteiger partial charge in [-0.05, 0) is 60.7 Å². The van der Waals surface area contributed by atoms with E-state index in [1.165, 1.54) is 6.08 Å². The fourth-order valence-corrected chi connectivity index (χ4v) is 3.52. The third-order valence-corrected chi connectivity index (χ3v) is 5.10. The van der Waals surface area contributed by atoms with E-state index in [1.54, 1.807) is 10.7 Å². The molecule has 3 aromatic carbocycles. The van der Waals surface area contributed by atoms with E-state index in [0.717, 1.165) is 39.7 Å². The molecule has 0 unspecified atom stereocenters. The largest absolute Gasteiger partial charge is 0.457 e.